The number of carbonyl (C=O) groups excluding carboxylic acids is 2. The predicted molar refractivity (Wildman–Crippen MR) is 148 cm³/mol. The quantitative estimate of drug-likeness (QED) is 0.336. The van der Waals surface area contributed by atoms with Crippen LogP contribution < -0.4 is 4.72 Å². The average Bonchev–Trinajstić information content (AvgIpc) is 3.61. The van der Waals surface area contributed by atoms with Crippen molar-refractivity contribution in [1.82, 2.24) is 14.5 Å². The lowest BCUT2D eigenvalue weighted by atomic mass is 10.0. The number of sulfonamides is 1. The Kier molecular flexibility index (Phi) is 11.9. The Labute approximate surface area is 255 Å². The molecule has 2 aliphatic heterocycles. The van der Waals surface area contributed by atoms with Crippen molar-refractivity contribution in [2.45, 2.75) is 67.3 Å². The SMILES string of the molecule is C.CNS(=O)(=O)c1ccc(C2CCCN2C(=O)C(F)(F)F)cc1.O=C(N1CCCC1c1ccc(S(=O)(=O)Cl)cc1)C(F)(F)F. The van der Waals surface area contributed by atoms with Crippen LogP contribution in [-0.4, -0.2) is 70.9 Å². The molecule has 2 heterocycles. The first-order valence-corrected chi connectivity index (χ1v) is 16.4. The first-order chi connectivity index (χ1) is 19.8. The van der Waals surface area contributed by atoms with Crippen molar-refractivity contribution >= 4 is 41.6 Å². The second-order valence-corrected chi connectivity index (χ2v) is 14.0. The van der Waals surface area contributed by atoms with Gasteiger partial charge in [0, 0.05) is 23.8 Å². The molecule has 1 N–H and O–H groups in total. The molecular formula is C26H30ClF6N3O6S2. The molecule has 2 amide bonds. The molecule has 2 saturated heterocycles. The summed E-state index contributed by atoms with van der Waals surface area (Å²) in [6.45, 7) is 0.0676. The maximum Gasteiger partial charge on any atom is 0.471 e. The first-order valence-electron chi connectivity index (χ1n) is 12.6. The third-order valence-corrected chi connectivity index (χ3v) is 9.70. The van der Waals surface area contributed by atoms with E-state index in [9.17, 15) is 52.8 Å². The zero-order valence-corrected chi connectivity index (χ0v) is 24.7. The van der Waals surface area contributed by atoms with E-state index in [4.69, 9.17) is 10.7 Å². The van der Waals surface area contributed by atoms with Crippen LogP contribution in [0.25, 0.3) is 0 Å². The van der Waals surface area contributed by atoms with Crippen LogP contribution in [0.4, 0.5) is 26.3 Å². The highest BCUT2D eigenvalue weighted by molar-refractivity contribution is 8.13. The minimum atomic E-state index is -4.91. The highest BCUT2D eigenvalue weighted by atomic mass is 35.7. The van der Waals surface area contributed by atoms with Crippen molar-refractivity contribution in [2.75, 3.05) is 20.1 Å². The fourth-order valence-corrected chi connectivity index (χ4v) is 6.38. The molecule has 2 fully saturated rings. The third-order valence-electron chi connectivity index (χ3n) is 6.90. The number of likely N-dealkylation sites (tertiary alicyclic amines) is 2. The van der Waals surface area contributed by atoms with Crippen molar-refractivity contribution in [2.24, 2.45) is 0 Å². The third kappa shape index (κ3) is 8.85. The molecule has 4 rings (SSSR count). The van der Waals surface area contributed by atoms with Crippen molar-refractivity contribution in [3.63, 3.8) is 0 Å². The zero-order valence-electron chi connectivity index (χ0n) is 22.3. The Morgan fingerprint density at radius 3 is 1.36 bits per heavy atom. The van der Waals surface area contributed by atoms with E-state index in [1.165, 1.54) is 55.6 Å². The molecule has 18 heteroatoms. The number of carbonyl (C=O) groups is 2. The van der Waals surface area contributed by atoms with Gasteiger partial charge >= 0.3 is 24.2 Å². The Morgan fingerprint density at radius 1 is 0.727 bits per heavy atom. The van der Waals surface area contributed by atoms with Gasteiger partial charge < -0.3 is 9.80 Å². The molecule has 246 valence electrons. The van der Waals surface area contributed by atoms with E-state index in [1.807, 2.05) is 0 Å². The molecule has 2 aromatic rings. The first kappa shape index (κ1) is 37.3. The van der Waals surface area contributed by atoms with Crippen molar-refractivity contribution in [3.8, 4) is 0 Å². The van der Waals surface area contributed by atoms with Gasteiger partial charge in [-0.15, -0.1) is 0 Å². The number of amides is 2. The van der Waals surface area contributed by atoms with E-state index in [0.29, 0.717) is 36.8 Å². The van der Waals surface area contributed by atoms with Gasteiger partial charge in [0.1, 0.15) is 0 Å². The van der Waals surface area contributed by atoms with E-state index < -0.39 is 55.3 Å². The second kappa shape index (κ2) is 14.0. The number of hydrogen-bond acceptors (Lipinski definition) is 6. The van der Waals surface area contributed by atoms with Crippen LogP contribution in [0.1, 0.15) is 56.3 Å². The number of nitrogens with one attached hydrogen (secondary N) is 1. The molecule has 2 atom stereocenters. The van der Waals surface area contributed by atoms with Crippen LogP contribution >= 0.6 is 10.7 Å². The maximum absolute atomic E-state index is 12.6. The summed E-state index contributed by atoms with van der Waals surface area (Å²) in [5, 5.41) is 0. The van der Waals surface area contributed by atoms with Crippen LogP contribution in [0.15, 0.2) is 58.3 Å². The number of nitrogens with zero attached hydrogens (tertiary/aromatic N) is 2. The van der Waals surface area contributed by atoms with Crippen molar-refractivity contribution < 1.29 is 52.8 Å². The maximum atomic E-state index is 12.6. The fourth-order valence-electron chi connectivity index (χ4n) is 4.88. The van der Waals surface area contributed by atoms with Gasteiger partial charge in [-0.1, -0.05) is 31.7 Å². The highest BCUT2D eigenvalue weighted by Gasteiger charge is 2.47. The van der Waals surface area contributed by atoms with Gasteiger partial charge in [0.2, 0.25) is 10.0 Å². The van der Waals surface area contributed by atoms with E-state index >= 15 is 0 Å². The largest absolute Gasteiger partial charge is 0.471 e. The molecule has 9 nitrogen and oxygen atoms in total. The van der Waals surface area contributed by atoms with E-state index in [0.717, 1.165) is 9.80 Å². The number of halogens is 7. The average molecular weight is 694 g/mol. The van der Waals surface area contributed by atoms with Gasteiger partial charge in [-0.2, -0.15) is 26.3 Å². The van der Waals surface area contributed by atoms with E-state index in [1.54, 1.807) is 0 Å². The fraction of sp³-hybridized carbons (Fsp3) is 0.462. The van der Waals surface area contributed by atoms with Gasteiger partial charge in [0.15, 0.2) is 0 Å². The molecule has 0 aromatic heterocycles. The summed E-state index contributed by atoms with van der Waals surface area (Å²) in [7, 11) is -1.05. The molecule has 0 spiro atoms. The summed E-state index contributed by atoms with van der Waals surface area (Å²) in [5.41, 5.74) is 0.944. The van der Waals surface area contributed by atoms with Crippen LogP contribution in [-0.2, 0) is 28.7 Å². The van der Waals surface area contributed by atoms with Gasteiger partial charge in [-0.3, -0.25) is 9.59 Å². The number of alkyl halides is 6. The van der Waals surface area contributed by atoms with E-state index in [-0.39, 0.29) is 30.3 Å². The lowest BCUT2D eigenvalue weighted by Crippen LogP contribution is -2.40. The monoisotopic (exact) mass is 693 g/mol. The molecule has 2 aromatic carbocycles. The van der Waals surface area contributed by atoms with Gasteiger partial charge in [0.25, 0.3) is 9.05 Å². The Balaban J connectivity index is 0.000000300. The summed E-state index contributed by atoms with van der Waals surface area (Å²) in [6, 6.07) is 9.31. The summed E-state index contributed by atoms with van der Waals surface area (Å²) >= 11 is 0. The van der Waals surface area contributed by atoms with Crippen LogP contribution in [0.2, 0.25) is 0 Å². The number of hydrogen-bond donors (Lipinski definition) is 1. The zero-order chi connectivity index (χ0) is 32.4. The summed E-state index contributed by atoms with van der Waals surface area (Å²) in [5.74, 6) is -3.74. The molecule has 44 heavy (non-hydrogen) atoms. The summed E-state index contributed by atoms with van der Waals surface area (Å²) < 4.78 is 123. The molecular weight excluding hydrogens is 664 g/mol. The van der Waals surface area contributed by atoms with Crippen molar-refractivity contribution in [3.05, 3.63) is 59.7 Å². The molecule has 0 radical (unpaired) electrons. The standard InChI is InChI=1S/C13H15F3N2O3S.C12H11ClF3NO3S.CH4/c1-17-22(20,21)10-6-4-9(5-7-10)11-3-2-8-18(11)12(19)13(14,15)16;13-21(19,20)9-5-3-8(4-6-9)10-2-1-7-17(10)11(18)12(14,15)16;/h4-7,11,17H,2-3,8H2,1H3;3-6,10H,1-2,7H2;1H4. The van der Waals surface area contributed by atoms with Crippen molar-refractivity contribution in [1.29, 1.82) is 0 Å². The lowest BCUT2D eigenvalue weighted by Gasteiger charge is -2.26. The Hall–Kier alpha value is -2.89. The van der Waals surface area contributed by atoms with Crippen LogP contribution in [0.3, 0.4) is 0 Å². The predicted octanol–water partition coefficient (Wildman–Crippen LogP) is 5.30. The second-order valence-electron chi connectivity index (χ2n) is 9.59. The van der Waals surface area contributed by atoms with Gasteiger partial charge in [0.05, 0.1) is 21.9 Å². The minimum Gasteiger partial charge on any atom is -0.328 e. The number of benzene rings is 2. The molecule has 2 aliphatic rings. The normalized spacial score (nSPS) is 19.2. The van der Waals surface area contributed by atoms with Crippen LogP contribution in [0, 0.1) is 0 Å². The summed E-state index contributed by atoms with van der Waals surface area (Å²) in [6.07, 6.45) is -8.07. The minimum absolute atomic E-state index is 0. The van der Waals surface area contributed by atoms with Crippen LogP contribution in [0.5, 0.6) is 0 Å². The lowest BCUT2D eigenvalue weighted by molar-refractivity contribution is -0.186. The van der Waals surface area contributed by atoms with E-state index in [2.05, 4.69) is 4.72 Å². The molecule has 0 aliphatic carbocycles. The number of rotatable bonds is 5. The highest BCUT2D eigenvalue weighted by Crippen LogP contribution is 2.37. The topological polar surface area (TPSA) is 121 Å². The van der Waals surface area contributed by atoms with Gasteiger partial charge in [-0.05, 0) is 68.1 Å². The smallest absolute Gasteiger partial charge is 0.328 e. The summed E-state index contributed by atoms with van der Waals surface area (Å²) in [4.78, 5) is 24.2. The Bertz CT molecular complexity index is 1530. The molecule has 0 saturated carbocycles. The molecule has 2 unspecified atom stereocenters. The Morgan fingerprint density at radius 2 is 1.07 bits per heavy atom. The molecule has 0 bridgehead atoms. The van der Waals surface area contributed by atoms with Gasteiger partial charge in [-0.25, -0.2) is 21.6 Å².